The summed E-state index contributed by atoms with van der Waals surface area (Å²) in [6.07, 6.45) is -8.38. The Balaban J connectivity index is 0. The highest BCUT2D eigenvalue weighted by Gasteiger charge is 2.29. The van der Waals surface area contributed by atoms with Crippen LogP contribution in [0.4, 0.5) is 0 Å². The van der Waals surface area contributed by atoms with Gasteiger partial charge in [-0.3, -0.25) is 0 Å². The fourth-order valence-electron chi connectivity index (χ4n) is 1.75. The van der Waals surface area contributed by atoms with Crippen LogP contribution in [0.5, 0.6) is 0 Å². The van der Waals surface area contributed by atoms with Crippen molar-refractivity contribution in [1.29, 1.82) is 0 Å². The molecule has 0 heterocycles. The minimum absolute atomic E-state index is 0.108. The summed E-state index contributed by atoms with van der Waals surface area (Å²) in [5.41, 5.74) is 0. The molecule has 0 fully saturated rings. The molecule has 0 aliphatic carbocycles. The second-order valence-electron chi connectivity index (χ2n) is 5.65. The van der Waals surface area contributed by atoms with E-state index in [0.29, 0.717) is 0 Å². The maximum absolute atomic E-state index is 9.20. The number of aliphatic hydroxyl groups is 10. The first-order valence-electron chi connectivity index (χ1n) is 7.96. The van der Waals surface area contributed by atoms with E-state index in [0.717, 1.165) is 0 Å². The number of hydrogen-bond acceptors (Lipinski definition) is 10. The van der Waals surface area contributed by atoms with E-state index in [1.807, 2.05) is 0 Å². The Labute approximate surface area is 152 Å². The predicted molar refractivity (Wildman–Crippen MR) is 91.9 cm³/mol. The van der Waals surface area contributed by atoms with E-state index in [1.54, 1.807) is 0 Å². The lowest BCUT2D eigenvalue weighted by Gasteiger charge is -2.24. The Kier molecular flexibility index (Phi) is 15.9. The van der Waals surface area contributed by atoms with Gasteiger partial charge in [-0.1, -0.05) is 12.2 Å². The van der Waals surface area contributed by atoms with Crippen molar-refractivity contribution in [3.8, 4) is 0 Å². The quantitative estimate of drug-likeness (QED) is 0.148. The van der Waals surface area contributed by atoms with Crippen molar-refractivity contribution in [2.45, 2.75) is 61.7 Å². The topological polar surface area (TPSA) is 202 Å². The van der Waals surface area contributed by atoms with Crippen LogP contribution in [0.2, 0.25) is 0 Å². The maximum atomic E-state index is 9.20. The van der Waals surface area contributed by atoms with Gasteiger partial charge in [0.15, 0.2) is 0 Å². The van der Waals surface area contributed by atoms with Crippen molar-refractivity contribution < 1.29 is 51.1 Å². The zero-order valence-corrected chi connectivity index (χ0v) is 14.5. The van der Waals surface area contributed by atoms with Gasteiger partial charge in [-0.05, 0) is 12.8 Å². The van der Waals surface area contributed by atoms with E-state index < -0.39 is 62.0 Å². The lowest BCUT2D eigenvalue weighted by Crippen LogP contribution is -2.45. The Hall–Kier alpha value is -0.920. The summed E-state index contributed by atoms with van der Waals surface area (Å²) in [5.74, 6) is 0. The molecular formula is C16H32O10. The highest BCUT2D eigenvalue weighted by Crippen LogP contribution is 2.08. The van der Waals surface area contributed by atoms with E-state index in [4.69, 9.17) is 40.9 Å². The fourth-order valence-corrected chi connectivity index (χ4v) is 1.75. The third kappa shape index (κ3) is 10.3. The van der Waals surface area contributed by atoms with Crippen molar-refractivity contribution >= 4 is 0 Å². The van der Waals surface area contributed by atoms with Crippen molar-refractivity contribution in [3.05, 3.63) is 25.3 Å². The standard InChI is InChI=1S/2C8H16O5/c2*1-2-3-5(10)7(12)8(13)6(11)4-9/h2*2,5-13H,1,3-4H2/t5-,6+,7-,8-;5-,6-,7+,8+/m01/s1. The van der Waals surface area contributed by atoms with Crippen molar-refractivity contribution in [2.24, 2.45) is 0 Å². The predicted octanol–water partition coefficient (Wildman–Crippen LogP) is -4.00. The minimum Gasteiger partial charge on any atom is -0.394 e. The molecule has 0 rings (SSSR count). The fraction of sp³-hybridized carbons (Fsp3) is 0.750. The molecule has 0 aromatic carbocycles. The zero-order valence-electron chi connectivity index (χ0n) is 14.5. The Morgan fingerprint density at radius 3 is 0.923 bits per heavy atom. The highest BCUT2D eigenvalue weighted by atomic mass is 16.4. The Morgan fingerprint density at radius 2 is 0.731 bits per heavy atom. The molecule has 10 N–H and O–H groups in total. The van der Waals surface area contributed by atoms with Crippen LogP contribution < -0.4 is 0 Å². The average Bonchev–Trinajstić information content (AvgIpc) is 2.64. The van der Waals surface area contributed by atoms with Crippen LogP contribution in [-0.2, 0) is 0 Å². The lowest BCUT2D eigenvalue weighted by molar-refractivity contribution is -0.113. The SMILES string of the molecule is C=CC[C@@H](O)[C@H](O)[C@@H](O)[C@H](O)CO.C=CC[C@H](O)[C@H](O)[C@@H](O)[C@H](O)CO. The van der Waals surface area contributed by atoms with Crippen LogP contribution in [0.3, 0.4) is 0 Å². The first-order valence-corrected chi connectivity index (χ1v) is 7.96. The average molecular weight is 384 g/mol. The summed E-state index contributed by atoms with van der Waals surface area (Å²) >= 11 is 0. The zero-order chi connectivity index (χ0) is 20.9. The number of aliphatic hydroxyl groups excluding tert-OH is 10. The molecule has 0 aromatic rings. The lowest BCUT2D eigenvalue weighted by atomic mass is 10.0. The molecule has 26 heavy (non-hydrogen) atoms. The number of rotatable bonds is 12. The van der Waals surface area contributed by atoms with Crippen molar-refractivity contribution in [2.75, 3.05) is 13.2 Å². The van der Waals surface area contributed by atoms with Gasteiger partial charge in [-0.15, -0.1) is 13.2 Å². The molecular weight excluding hydrogens is 352 g/mol. The molecule has 0 radical (unpaired) electrons. The van der Waals surface area contributed by atoms with Gasteiger partial charge in [0, 0.05) is 0 Å². The molecule has 0 saturated carbocycles. The van der Waals surface area contributed by atoms with Gasteiger partial charge in [0.2, 0.25) is 0 Å². The molecule has 0 spiro atoms. The van der Waals surface area contributed by atoms with Crippen LogP contribution in [0, 0.1) is 0 Å². The maximum Gasteiger partial charge on any atom is 0.110 e. The summed E-state index contributed by atoms with van der Waals surface area (Å²) in [6.45, 7) is 5.35. The van der Waals surface area contributed by atoms with Gasteiger partial charge in [0.1, 0.15) is 36.6 Å². The van der Waals surface area contributed by atoms with Crippen molar-refractivity contribution in [3.63, 3.8) is 0 Å². The second-order valence-corrected chi connectivity index (χ2v) is 5.65. The summed E-state index contributed by atoms with van der Waals surface area (Å²) < 4.78 is 0. The van der Waals surface area contributed by atoms with Gasteiger partial charge < -0.3 is 51.1 Å². The second kappa shape index (κ2) is 15.2. The largest absolute Gasteiger partial charge is 0.394 e. The molecule has 0 bridgehead atoms. The van der Waals surface area contributed by atoms with Gasteiger partial charge in [0.25, 0.3) is 0 Å². The smallest absolute Gasteiger partial charge is 0.110 e. The Bertz CT molecular complexity index is 333. The van der Waals surface area contributed by atoms with Gasteiger partial charge in [-0.2, -0.15) is 0 Å². The molecule has 8 atom stereocenters. The summed E-state index contributed by atoms with van der Waals surface area (Å²) in [6, 6.07) is 0. The molecule has 10 heteroatoms. The van der Waals surface area contributed by atoms with E-state index in [2.05, 4.69) is 13.2 Å². The van der Waals surface area contributed by atoms with E-state index in [1.165, 1.54) is 12.2 Å². The molecule has 0 saturated heterocycles. The van der Waals surface area contributed by atoms with Crippen LogP contribution in [0.25, 0.3) is 0 Å². The molecule has 0 aliphatic rings. The normalized spacial score (nSPS) is 20.4. The molecule has 0 unspecified atom stereocenters. The van der Waals surface area contributed by atoms with Crippen LogP contribution in [0.1, 0.15) is 12.8 Å². The van der Waals surface area contributed by atoms with E-state index in [-0.39, 0.29) is 12.8 Å². The molecule has 156 valence electrons. The molecule has 0 aliphatic heterocycles. The first-order chi connectivity index (χ1) is 12.1. The van der Waals surface area contributed by atoms with E-state index >= 15 is 0 Å². The molecule has 10 nitrogen and oxygen atoms in total. The first kappa shape index (κ1) is 27.3. The third-order valence-electron chi connectivity index (χ3n) is 3.47. The summed E-state index contributed by atoms with van der Waals surface area (Å²) in [5, 5.41) is 89.7. The Morgan fingerprint density at radius 1 is 0.500 bits per heavy atom. The monoisotopic (exact) mass is 384 g/mol. The highest BCUT2D eigenvalue weighted by molar-refractivity contribution is 4.85. The van der Waals surface area contributed by atoms with E-state index in [9.17, 15) is 10.2 Å². The van der Waals surface area contributed by atoms with Gasteiger partial charge >= 0.3 is 0 Å². The summed E-state index contributed by atoms with van der Waals surface area (Å²) in [4.78, 5) is 0. The van der Waals surface area contributed by atoms with Crippen LogP contribution in [-0.4, -0.2) is 113 Å². The summed E-state index contributed by atoms with van der Waals surface area (Å²) in [7, 11) is 0. The van der Waals surface area contributed by atoms with Gasteiger partial charge in [-0.25, -0.2) is 0 Å². The number of hydrogen-bond donors (Lipinski definition) is 10. The van der Waals surface area contributed by atoms with Crippen LogP contribution >= 0.6 is 0 Å². The van der Waals surface area contributed by atoms with Crippen molar-refractivity contribution in [1.82, 2.24) is 0 Å². The minimum atomic E-state index is -1.56. The third-order valence-corrected chi connectivity index (χ3v) is 3.47. The van der Waals surface area contributed by atoms with Gasteiger partial charge in [0.05, 0.1) is 25.4 Å². The molecule has 0 amide bonds. The van der Waals surface area contributed by atoms with Crippen LogP contribution in [0.15, 0.2) is 25.3 Å². The molecule has 0 aromatic heterocycles.